The molecule has 0 bridgehead atoms. The van der Waals surface area contributed by atoms with Crippen LogP contribution in [-0.4, -0.2) is 17.6 Å². The van der Waals surface area contributed by atoms with Gasteiger partial charge in [0.05, 0.1) is 0 Å². The van der Waals surface area contributed by atoms with Gasteiger partial charge in [-0.15, -0.1) is 0 Å². The van der Waals surface area contributed by atoms with Crippen molar-refractivity contribution in [2.75, 3.05) is 11.9 Å². The normalized spacial score (nSPS) is 10.2. The van der Waals surface area contributed by atoms with Crippen molar-refractivity contribution < 1.29 is 23.4 Å². The standard InChI is InChI=1S/C15H13F2NO3/c16-11-6-12(17)15(18-8-14(19)20)13(7-11)21-9-10-4-2-1-3-5-10/h1-7,18H,8-9H2,(H,19,20). The highest BCUT2D eigenvalue weighted by atomic mass is 19.1. The molecule has 110 valence electrons. The van der Waals surface area contributed by atoms with Crippen LogP contribution in [0.5, 0.6) is 5.75 Å². The van der Waals surface area contributed by atoms with Crippen LogP contribution in [0, 0.1) is 11.6 Å². The lowest BCUT2D eigenvalue weighted by atomic mass is 10.2. The summed E-state index contributed by atoms with van der Waals surface area (Å²) in [6.45, 7) is -0.379. The molecule has 6 heteroatoms. The summed E-state index contributed by atoms with van der Waals surface area (Å²) in [5.41, 5.74) is 0.654. The monoisotopic (exact) mass is 293 g/mol. The van der Waals surface area contributed by atoms with E-state index >= 15 is 0 Å². The van der Waals surface area contributed by atoms with Crippen molar-refractivity contribution in [3.8, 4) is 5.75 Å². The van der Waals surface area contributed by atoms with Crippen LogP contribution in [0.4, 0.5) is 14.5 Å². The molecule has 0 fully saturated rings. The molecule has 2 N–H and O–H groups in total. The highest BCUT2D eigenvalue weighted by Gasteiger charge is 2.13. The summed E-state index contributed by atoms with van der Waals surface area (Å²) in [7, 11) is 0. The fraction of sp³-hybridized carbons (Fsp3) is 0.133. The van der Waals surface area contributed by atoms with Crippen molar-refractivity contribution >= 4 is 11.7 Å². The van der Waals surface area contributed by atoms with Crippen LogP contribution in [0.15, 0.2) is 42.5 Å². The van der Waals surface area contributed by atoms with E-state index < -0.39 is 24.1 Å². The van der Waals surface area contributed by atoms with Gasteiger partial charge in [-0.1, -0.05) is 30.3 Å². The number of hydrogen-bond donors (Lipinski definition) is 2. The molecule has 0 radical (unpaired) electrons. The number of rotatable bonds is 6. The second-order valence-electron chi connectivity index (χ2n) is 4.28. The van der Waals surface area contributed by atoms with E-state index in [1.165, 1.54) is 0 Å². The van der Waals surface area contributed by atoms with Crippen molar-refractivity contribution in [2.24, 2.45) is 0 Å². The lowest BCUT2D eigenvalue weighted by Gasteiger charge is -2.13. The van der Waals surface area contributed by atoms with Crippen LogP contribution in [-0.2, 0) is 11.4 Å². The Kier molecular flexibility index (Phi) is 4.71. The predicted octanol–water partition coefficient (Wildman–Crippen LogP) is 3.04. The first kappa shape index (κ1) is 14.8. The van der Waals surface area contributed by atoms with Crippen LogP contribution in [0.2, 0.25) is 0 Å². The fourth-order valence-electron chi connectivity index (χ4n) is 1.73. The van der Waals surface area contributed by atoms with E-state index in [1.54, 1.807) is 12.1 Å². The van der Waals surface area contributed by atoms with Crippen molar-refractivity contribution in [1.29, 1.82) is 0 Å². The van der Waals surface area contributed by atoms with Crippen molar-refractivity contribution in [1.82, 2.24) is 0 Å². The van der Waals surface area contributed by atoms with E-state index in [0.29, 0.717) is 6.07 Å². The Morgan fingerprint density at radius 2 is 1.90 bits per heavy atom. The van der Waals surface area contributed by atoms with Gasteiger partial charge in [0.25, 0.3) is 0 Å². The van der Waals surface area contributed by atoms with E-state index in [0.717, 1.165) is 11.6 Å². The van der Waals surface area contributed by atoms with Gasteiger partial charge < -0.3 is 15.2 Å². The first-order chi connectivity index (χ1) is 10.1. The molecule has 0 unspecified atom stereocenters. The highest BCUT2D eigenvalue weighted by Crippen LogP contribution is 2.29. The van der Waals surface area contributed by atoms with Gasteiger partial charge in [0.1, 0.15) is 30.4 Å². The summed E-state index contributed by atoms with van der Waals surface area (Å²) in [5, 5.41) is 11.0. The molecular weight excluding hydrogens is 280 g/mol. The fourth-order valence-corrected chi connectivity index (χ4v) is 1.73. The minimum absolute atomic E-state index is 0.0717. The molecule has 0 amide bonds. The molecule has 2 aromatic rings. The Balaban J connectivity index is 2.18. The van der Waals surface area contributed by atoms with Gasteiger partial charge in [-0.25, -0.2) is 8.78 Å². The number of hydrogen-bond acceptors (Lipinski definition) is 3. The van der Waals surface area contributed by atoms with Crippen LogP contribution in [0.1, 0.15) is 5.56 Å². The van der Waals surface area contributed by atoms with E-state index in [9.17, 15) is 13.6 Å². The lowest BCUT2D eigenvalue weighted by Crippen LogP contribution is -2.14. The summed E-state index contributed by atoms with van der Waals surface area (Å²) in [6.07, 6.45) is 0. The molecule has 2 rings (SSSR count). The largest absolute Gasteiger partial charge is 0.487 e. The molecule has 2 aromatic carbocycles. The minimum Gasteiger partial charge on any atom is -0.487 e. The van der Waals surface area contributed by atoms with Crippen molar-refractivity contribution in [3.05, 3.63) is 59.7 Å². The summed E-state index contributed by atoms with van der Waals surface area (Å²) in [4.78, 5) is 10.5. The summed E-state index contributed by atoms with van der Waals surface area (Å²) < 4.78 is 32.4. The molecule has 0 saturated heterocycles. The maximum Gasteiger partial charge on any atom is 0.322 e. The SMILES string of the molecule is O=C(O)CNc1c(F)cc(F)cc1OCc1ccccc1. The molecule has 0 saturated carbocycles. The quantitative estimate of drug-likeness (QED) is 0.859. The number of aliphatic carboxylic acids is 1. The van der Waals surface area contributed by atoms with Gasteiger partial charge in [-0.2, -0.15) is 0 Å². The predicted molar refractivity (Wildman–Crippen MR) is 73.3 cm³/mol. The third kappa shape index (κ3) is 4.17. The Bertz CT molecular complexity index is 632. The Labute approximate surface area is 120 Å². The van der Waals surface area contributed by atoms with Gasteiger partial charge >= 0.3 is 5.97 Å². The zero-order chi connectivity index (χ0) is 15.2. The number of carboxylic acids is 1. The third-order valence-electron chi connectivity index (χ3n) is 2.67. The summed E-state index contributed by atoms with van der Waals surface area (Å²) in [5.74, 6) is -2.93. The maximum absolute atomic E-state index is 13.7. The van der Waals surface area contributed by atoms with E-state index in [1.807, 2.05) is 18.2 Å². The van der Waals surface area contributed by atoms with Gasteiger partial charge in [0.2, 0.25) is 0 Å². The van der Waals surface area contributed by atoms with Gasteiger partial charge in [-0.05, 0) is 5.56 Å². The molecule has 0 atom stereocenters. The number of ether oxygens (including phenoxy) is 1. The maximum atomic E-state index is 13.7. The first-order valence-corrected chi connectivity index (χ1v) is 6.17. The van der Waals surface area contributed by atoms with E-state index in [-0.39, 0.29) is 18.0 Å². The smallest absolute Gasteiger partial charge is 0.322 e. The third-order valence-corrected chi connectivity index (χ3v) is 2.67. The topological polar surface area (TPSA) is 58.6 Å². The zero-order valence-corrected chi connectivity index (χ0v) is 11.0. The molecule has 21 heavy (non-hydrogen) atoms. The molecular formula is C15H13F2NO3. The molecule has 0 aliphatic carbocycles. The van der Waals surface area contributed by atoms with Crippen LogP contribution < -0.4 is 10.1 Å². The molecule has 0 spiro atoms. The number of anilines is 1. The first-order valence-electron chi connectivity index (χ1n) is 6.17. The molecule has 4 nitrogen and oxygen atoms in total. The number of carboxylic acid groups (broad SMARTS) is 1. The Morgan fingerprint density at radius 1 is 1.19 bits per heavy atom. The number of benzene rings is 2. The Morgan fingerprint density at radius 3 is 2.57 bits per heavy atom. The molecule has 0 aliphatic heterocycles. The van der Waals surface area contributed by atoms with Crippen LogP contribution in [0.3, 0.4) is 0 Å². The van der Waals surface area contributed by atoms with Crippen LogP contribution in [0.25, 0.3) is 0 Å². The highest BCUT2D eigenvalue weighted by molar-refractivity contribution is 5.74. The van der Waals surface area contributed by atoms with Gasteiger partial charge in [0.15, 0.2) is 5.82 Å². The number of halogens is 2. The average Bonchev–Trinajstić information content (AvgIpc) is 2.44. The van der Waals surface area contributed by atoms with E-state index in [4.69, 9.17) is 9.84 Å². The molecule has 0 aliphatic rings. The van der Waals surface area contributed by atoms with Gasteiger partial charge in [0, 0.05) is 12.1 Å². The van der Waals surface area contributed by atoms with E-state index in [2.05, 4.69) is 5.32 Å². The summed E-state index contributed by atoms with van der Waals surface area (Å²) >= 11 is 0. The number of carbonyl (C=O) groups is 1. The average molecular weight is 293 g/mol. The second kappa shape index (κ2) is 6.69. The zero-order valence-electron chi connectivity index (χ0n) is 11.0. The molecule has 0 heterocycles. The van der Waals surface area contributed by atoms with Crippen molar-refractivity contribution in [3.63, 3.8) is 0 Å². The minimum atomic E-state index is -1.16. The van der Waals surface area contributed by atoms with Crippen LogP contribution >= 0.6 is 0 Å². The second-order valence-corrected chi connectivity index (χ2v) is 4.28. The lowest BCUT2D eigenvalue weighted by molar-refractivity contribution is -0.134. The Hall–Kier alpha value is -2.63. The van der Waals surface area contributed by atoms with Gasteiger partial charge in [-0.3, -0.25) is 4.79 Å². The van der Waals surface area contributed by atoms with Crippen molar-refractivity contribution in [2.45, 2.75) is 6.61 Å². The number of nitrogens with one attached hydrogen (secondary N) is 1. The summed E-state index contributed by atoms with van der Waals surface area (Å²) in [6, 6.07) is 10.8. The molecule has 0 aromatic heterocycles.